The number of rotatable bonds is 3. The van der Waals surface area contributed by atoms with Crippen LogP contribution in [0.3, 0.4) is 0 Å². The van der Waals surface area contributed by atoms with Crippen molar-refractivity contribution in [1.29, 1.82) is 0 Å². The van der Waals surface area contributed by atoms with Crippen LogP contribution < -0.4 is 0 Å². The molecule has 0 fully saturated rings. The lowest BCUT2D eigenvalue weighted by Gasteiger charge is -2.06. The highest BCUT2D eigenvalue weighted by molar-refractivity contribution is 6.33. The van der Waals surface area contributed by atoms with Crippen LogP contribution in [-0.4, -0.2) is 19.5 Å². The molecule has 1 N–H and O–H groups in total. The number of benzene rings is 1. The quantitative estimate of drug-likeness (QED) is 0.525. The monoisotopic (exact) mass is 352 g/mol. The molecule has 124 valence electrons. The van der Waals surface area contributed by atoms with Crippen molar-refractivity contribution < 1.29 is 4.39 Å². The second-order valence-electron chi connectivity index (χ2n) is 5.70. The lowest BCUT2D eigenvalue weighted by molar-refractivity contribution is 0.581. The maximum Gasteiger partial charge on any atom is 0.214 e. The normalized spacial score (nSPS) is 11.0. The van der Waals surface area contributed by atoms with Gasteiger partial charge in [0.25, 0.3) is 0 Å². The van der Waals surface area contributed by atoms with E-state index in [9.17, 15) is 4.39 Å². The molecule has 4 aromatic rings. The first-order valence-corrected chi connectivity index (χ1v) is 8.10. The van der Waals surface area contributed by atoms with Crippen LogP contribution in [-0.2, 0) is 0 Å². The maximum absolute atomic E-state index is 13.6. The van der Waals surface area contributed by atoms with E-state index in [1.165, 1.54) is 12.3 Å². The minimum absolute atomic E-state index is 0.520. The van der Waals surface area contributed by atoms with Crippen LogP contribution in [0, 0.1) is 12.9 Å². The van der Waals surface area contributed by atoms with Crippen molar-refractivity contribution in [3.05, 3.63) is 77.8 Å². The number of aromatic amines is 1. The summed E-state index contributed by atoms with van der Waals surface area (Å²) < 4.78 is 15.5. The van der Waals surface area contributed by atoms with Crippen LogP contribution in [0.4, 0.5) is 4.39 Å². The molecule has 0 aliphatic carbocycles. The molecule has 25 heavy (non-hydrogen) atoms. The molecule has 3 heterocycles. The fourth-order valence-electron chi connectivity index (χ4n) is 2.86. The molecular formula is C19H14ClFN4. The maximum atomic E-state index is 13.6. The topological polar surface area (TPSA) is 46.5 Å². The second kappa shape index (κ2) is 6.18. The Balaban J connectivity index is 1.96. The largest absolute Gasteiger partial charge is 0.345 e. The summed E-state index contributed by atoms with van der Waals surface area (Å²) in [6.07, 6.45) is 8.83. The summed E-state index contributed by atoms with van der Waals surface area (Å²) in [5.41, 5.74) is 4.28. The van der Waals surface area contributed by atoms with Crippen LogP contribution in [0.15, 0.2) is 61.3 Å². The molecule has 4 rings (SSSR count). The van der Waals surface area contributed by atoms with E-state index < -0.39 is 5.95 Å². The van der Waals surface area contributed by atoms with E-state index >= 15 is 0 Å². The number of hydrogen-bond acceptors (Lipinski definition) is 2. The van der Waals surface area contributed by atoms with Gasteiger partial charge in [-0.15, -0.1) is 0 Å². The van der Waals surface area contributed by atoms with E-state index in [4.69, 9.17) is 11.6 Å². The first kappa shape index (κ1) is 15.6. The zero-order valence-electron chi connectivity index (χ0n) is 13.4. The zero-order chi connectivity index (χ0) is 17.4. The molecule has 0 saturated heterocycles. The molecule has 0 bridgehead atoms. The number of nitrogens with one attached hydrogen (secondary N) is 1. The fraction of sp³-hybridized carbons (Fsp3) is 0.0526. The fourth-order valence-corrected chi connectivity index (χ4v) is 3.09. The van der Waals surface area contributed by atoms with E-state index in [2.05, 4.69) is 15.0 Å². The van der Waals surface area contributed by atoms with Crippen LogP contribution in [0.1, 0.15) is 5.56 Å². The van der Waals surface area contributed by atoms with Crippen LogP contribution in [0.25, 0.3) is 28.2 Å². The van der Waals surface area contributed by atoms with Crippen molar-refractivity contribution >= 4 is 11.6 Å². The average molecular weight is 353 g/mol. The molecule has 0 atom stereocenters. The molecule has 0 spiro atoms. The van der Waals surface area contributed by atoms with E-state index in [-0.39, 0.29) is 0 Å². The predicted molar refractivity (Wildman–Crippen MR) is 96.3 cm³/mol. The van der Waals surface area contributed by atoms with Gasteiger partial charge in [-0.1, -0.05) is 29.8 Å². The summed E-state index contributed by atoms with van der Waals surface area (Å²) in [5.74, 6) is 0.203. The van der Waals surface area contributed by atoms with Crippen molar-refractivity contribution in [1.82, 2.24) is 19.5 Å². The number of H-pyrrole nitrogens is 1. The Kier molecular flexibility index (Phi) is 3.86. The minimum Gasteiger partial charge on any atom is -0.345 e. The van der Waals surface area contributed by atoms with Gasteiger partial charge >= 0.3 is 0 Å². The van der Waals surface area contributed by atoms with Gasteiger partial charge in [-0.25, -0.2) is 9.97 Å². The highest BCUT2D eigenvalue weighted by atomic mass is 35.5. The Labute approximate surface area is 149 Å². The number of hydrogen-bond donors (Lipinski definition) is 1. The molecule has 0 aliphatic rings. The zero-order valence-corrected chi connectivity index (χ0v) is 14.1. The molecular weight excluding hydrogens is 339 g/mol. The van der Waals surface area contributed by atoms with Gasteiger partial charge < -0.3 is 9.55 Å². The van der Waals surface area contributed by atoms with Gasteiger partial charge in [0.15, 0.2) is 0 Å². The third-order valence-electron chi connectivity index (χ3n) is 4.06. The molecule has 3 aromatic heterocycles. The van der Waals surface area contributed by atoms with Gasteiger partial charge in [-0.05, 0) is 18.6 Å². The SMILES string of the molecule is Cc1cnc(F)cc1-n1cc(-c2ncc[nH]2)c(-c2ccccc2Cl)c1. The number of aryl methyl sites for hydroxylation is 1. The Morgan fingerprint density at radius 2 is 1.88 bits per heavy atom. The minimum atomic E-state index is -0.520. The van der Waals surface area contributed by atoms with Crippen LogP contribution in [0.2, 0.25) is 5.02 Å². The molecule has 0 amide bonds. The summed E-state index contributed by atoms with van der Waals surface area (Å²) in [6, 6.07) is 9.03. The van der Waals surface area contributed by atoms with Gasteiger partial charge in [0, 0.05) is 58.8 Å². The first-order chi connectivity index (χ1) is 12.1. The summed E-state index contributed by atoms with van der Waals surface area (Å²) in [5, 5.41) is 0.644. The molecule has 0 unspecified atom stereocenters. The third kappa shape index (κ3) is 2.83. The molecule has 0 saturated carbocycles. The summed E-state index contributed by atoms with van der Waals surface area (Å²) >= 11 is 6.39. The highest BCUT2D eigenvalue weighted by Crippen LogP contribution is 2.36. The molecule has 0 radical (unpaired) electrons. The first-order valence-electron chi connectivity index (χ1n) is 7.72. The molecule has 1 aromatic carbocycles. The number of pyridine rings is 1. The molecule has 4 nitrogen and oxygen atoms in total. The second-order valence-corrected chi connectivity index (χ2v) is 6.11. The van der Waals surface area contributed by atoms with Crippen molar-refractivity contribution in [2.75, 3.05) is 0 Å². The van der Waals surface area contributed by atoms with E-state index in [0.29, 0.717) is 5.02 Å². The smallest absolute Gasteiger partial charge is 0.214 e. The number of imidazole rings is 1. The lowest BCUT2D eigenvalue weighted by Crippen LogP contribution is -1.96. The van der Waals surface area contributed by atoms with Gasteiger partial charge in [0.05, 0.1) is 5.69 Å². The van der Waals surface area contributed by atoms with Crippen molar-refractivity contribution in [3.63, 3.8) is 0 Å². The molecule has 0 aliphatic heterocycles. The number of nitrogens with zero attached hydrogens (tertiary/aromatic N) is 3. The summed E-state index contributed by atoms with van der Waals surface area (Å²) in [7, 11) is 0. The van der Waals surface area contributed by atoms with Gasteiger partial charge in [0.1, 0.15) is 5.82 Å². The third-order valence-corrected chi connectivity index (χ3v) is 4.39. The summed E-state index contributed by atoms with van der Waals surface area (Å²) in [6.45, 7) is 1.89. The van der Waals surface area contributed by atoms with E-state index in [1.807, 2.05) is 48.1 Å². The van der Waals surface area contributed by atoms with Crippen molar-refractivity contribution in [2.45, 2.75) is 6.92 Å². The molecule has 6 heteroatoms. The van der Waals surface area contributed by atoms with Gasteiger partial charge in [-0.2, -0.15) is 4.39 Å². The van der Waals surface area contributed by atoms with E-state index in [1.54, 1.807) is 12.4 Å². The average Bonchev–Trinajstić information content (AvgIpc) is 3.26. The van der Waals surface area contributed by atoms with Gasteiger partial charge in [-0.3, -0.25) is 0 Å². The summed E-state index contributed by atoms with van der Waals surface area (Å²) in [4.78, 5) is 11.2. The van der Waals surface area contributed by atoms with Crippen molar-refractivity contribution in [3.8, 4) is 28.2 Å². The van der Waals surface area contributed by atoms with Crippen LogP contribution in [0.5, 0.6) is 0 Å². The highest BCUT2D eigenvalue weighted by Gasteiger charge is 2.16. The standard InChI is InChI=1S/C19H14ClFN4/c1-12-9-24-18(21)8-17(12)25-10-14(13-4-2-3-5-16(13)20)15(11-25)19-22-6-7-23-19/h2-11H,1H3,(H,22,23). The van der Waals surface area contributed by atoms with Crippen molar-refractivity contribution in [2.24, 2.45) is 0 Å². The van der Waals surface area contributed by atoms with Gasteiger partial charge in [0.2, 0.25) is 5.95 Å². The van der Waals surface area contributed by atoms with Crippen LogP contribution >= 0.6 is 11.6 Å². The lowest BCUT2D eigenvalue weighted by atomic mass is 10.0. The Bertz CT molecular complexity index is 1040. The predicted octanol–water partition coefficient (Wildman–Crippen LogP) is 5.03. The number of aromatic nitrogens is 4. The number of halogens is 2. The Hall–Kier alpha value is -2.92. The Morgan fingerprint density at radius 1 is 1.08 bits per heavy atom. The Morgan fingerprint density at radius 3 is 2.64 bits per heavy atom. The van der Waals surface area contributed by atoms with E-state index in [0.717, 1.165) is 33.8 Å².